The van der Waals surface area contributed by atoms with Crippen LogP contribution in [0.4, 0.5) is 10.8 Å². The lowest BCUT2D eigenvalue weighted by Crippen LogP contribution is -2.12. The molecule has 2 aromatic carbocycles. The molecule has 1 heterocycles. The molecule has 0 unspecified atom stereocenters. The summed E-state index contributed by atoms with van der Waals surface area (Å²) in [5.41, 5.74) is 1.39. The average Bonchev–Trinajstić information content (AvgIpc) is 3.15. The number of carbonyl (C=O) groups is 1. The Balaban J connectivity index is 1.80. The van der Waals surface area contributed by atoms with Gasteiger partial charge in [0.25, 0.3) is 5.91 Å². The first-order valence-corrected chi connectivity index (χ1v) is 9.53. The summed E-state index contributed by atoms with van der Waals surface area (Å²) in [4.78, 5) is 27.4. The molecule has 0 aliphatic rings. The lowest BCUT2D eigenvalue weighted by molar-refractivity contribution is -0.385. The molecule has 0 aliphatic heterocycles. The van der Waals surface area contributed by atoms with Crippen LogP contribution in [-0.2, 0) is 0 Å². The molecule has 0 fully saturated rings. The summed E-state index contributed by atoms with van der Waals surface area (Å²) in [5, 5.41) is 16.0. The number of amides is 1. The summed E-state index contributed by atoms with van der Waals surface area (Å²) in [7, 11) is 2.91. The van der Waals surface area contributed by atoms with E-state index in [1.807, 2.05) is 18.2 Å². The van der Waals surface area contributed by atoms with Crippen molar-refractivity contribution in [1.82, 2.24) is 4.98 Å². The Morgan fingerprint density at radius 2 is 1.89 bits per heavy atom. The smallest absolute Gasteiger partial charge is 0.311 e. The van der Waals surface area contributed by atoms with Crippen LogP contribution in [0.25, 0.3) is 11.3 Å². The van der Waals surface area contributed by atoms with Crippen molar-refractivity contribution in [2.24, 2.45) is 0 Å². The van der Waals surface area contributed by atoms with E-state index >= 15 is 0 Å². The van der Waals surface area contributed by atoms with Gasteiger partial charge in [-0.2, -0.15) is 0 Å². The molecule has 0 aliphatic carbocycles. The number of aromatic nitrogens is 1. The van der Waals surface area contributed by atoms with E-state index in [-0.39, 0.29) is 17.0 Å². The molecule has 0 spiro atoms. The summed E-state index contributed by atoms with van der Waals surface area (Å²) in [5.74, 6) is 0.291. The Labute approximate surface area is 172 Å². The third-order valence-corrected chi connectivity index (χ3v) is 5.19. The Hall–Kier alpha value is -2.98. The van der Waals surface area contributed by atoms with Crippen molar-refractivity contribution in [2.75, 3.05) is 19.5 Å². The van der Waals surface area contributed by atoms with Gasteiger partial charge in [-0.05, 0) is 46.3 Å². The maximum atomic E-state index is 12.4. The molecule has 1 aromatic heterocycles. The molecule has 0 atom stereocenters. The highest BCUT2D eigenvalue weighted by Gasteiger charge is 2.19. The highest BCUT2D eigenvalue weighted by molar-refractivity contribution is 9.10. The molecular weight excluding hydrogens is 450 g/mol. The Morgan fingerprint density at radius 3 is 2.54 bits per heavy atom. The number of nitrogens with zero attached hydrogens (tertiary/aromatic N) is 2. The van der Waals surface area contributed by atoms with E-state index in [0.29, 0.717) is 16.6 Å². The van der Waals surface area contributed by atoms with Gasteiger partial charge in [0.15, 0.2) is 10.9 Å². The quantitative estimate of drug-likeness (QED) is 0.417. The van der Waals surface area contributed by atoms with Crippen molar-refractivity contribution < 1.29 is 19.2 Å². The number of benzene rings is 2. The van der Waals surface area contributed by atoms with Gasteiger partial charge in [0.2, 0.25) is 0 Å². The van der Waals surface area contributed by atoms with Crippen molar-refractivity contribution in [2.45, 2.75) is 0 Å². The summed E-state index contributed by atoms with van der Waals surface area (Å²) >= 11 is 4.68. The van der Waals surface area contributed by atoms with Gasteiger partial charge in [-0.25, -0.2) is 4.98 Å². The fourth-order valence-electron chi connectivity index (χ4n) is 2.43. The van der Waals surface area contributed by atoms with Gasteiger partial charge in [0, 0.05) is 22.6 Å². The van der Waals surface area contributed by atoms with E-state index in [2.05, 4.69) is 26.2 Å². The molecule has 28 heavy (non-hydrogen) atoms. The van der Waals surface area contributed by atoms with Crippen molar-refractivity contribution in [3.05, 3.63) is 61.9 Å². The second kappa shape index (κ2) is 8.36. The van der Waals surface area contributed by atoms with Gasteiger partial charge in [-0.3, -0.25) is 20.2 Å². The molecule has 8 nitrogen and oxygen atoms in total. The standard InChI is InChI=1S/C18H14BrN3O5S/c1-26-15-5-3-10(7-12(15)19)13-9-28-18(20-13)21-17(23)11-4-6-16(27-2)14(8-11)22(24)25/h3-9H,1-2H3,(H,20,21,23). The third kappa shape index (κ3) is 4.12. The molecule has 1 N–H and O–H groups in total. The van der Waals surface area contributed by atoms with Crippen LogP contribution in [0.5, 0.6) is 11.5 Å². The largest absolute Gasteiger partial charge is 0.496 e. The van der Waals surface area contributed by atoms with Gasteiger partial charge in [0.1, 0.15) is 5.75 Å². The molecule has 3 rings (SSSR count). The fraction of sp³-hybridized carbons (Fsp3) is 0.111. The van der Waals surface area contributed by atoms with E-state index in [4.69, 9.17) is 9.47 Å². The number of nitro groups is 1. The number of anilines is 1. The third-order valence-electron chi connectivity index (χ3n) is 3.81. The first-order chi connectivity index (χ1) is 13.4. The van der Waals surface area contributed by atoms with Gasteiger partial charge in [-0.1, -0.05) is 0 Å². The molecule has 0 saturated carbocycles. The summed E-state index contributed by atoms with van der Waals surface area (Å²) in [6.45, 7) is 0. The van der Waals surface area contributed by atoms with Crippen molar-refractivity contribution in [1.29, 1.82) is 0 Å². The van der Waals surface area contributed by atoms with Crippen LogP contribution in [0, 0.1) is 10.1 Å². The van der Waals surface area contributed by atoms with Crippen LogP contribution in [-0.4, -0.2) is 30.0 Å². The molecule has 0 radical (unpaired) electrons. The molecule has 144 valence electrons. The van der Waals surface area contributed by atoms with Crippen LogP contribution in [0.15, 0.2) is 46.3 Å². The van der Waals surface area contributed by atoms with Crippen LogP contribution >= 0.6 is 27.3 Å². The number of thiazole rings is 1. The van der Waals surface area contributed by atoms with Gasteiger partial charge < -0.3 is 9.47 Å². The Bertz CT molecular complexity index is 1050. The number of carbonyl (C=O) groups excluding carboxylic acids is 1. The van der Waals surface area contributed by atoms with Crippen molar-refractivity contribution in [3.8, 4) is 22.8 Å². The maximum Gasteiger partial charge on any atom is 0.311 e. The topological polar surface area (TPSA) is 104 Å². The summed E-state index contributed by atoms with van der Waals surface area (Å²) in [6, 6.07) is 9.55. The number of ether oxygens (including phenoxy) is 2. The number of hydrogen-bond acceptors (Lipinski definition) is 7. The van der Waals surface area contributed by atoms with Gasteiger partial charge >= 0.3 is 5.69 Å². The molecule has 1 amide bonds. The first kappa shape index (κ1) is 19.8. The minimum atomic E-state index is -0.599. The van der Waals surface area contributed by atoms with Crippen LogP contribution in [0.1, 0.15) is 10.4 Å². The second-order valence-electron chi connectivity index (χ2n) is 5.49. The SMILES string of the molecule is COc1ccc(-c2csc(NC(=O)c3ccc(OC)c([N+](=O)[O-])c3)n2)cc1Br. The zero-order valence-corrected chi connectivity index (χ0v) is 17.2. The van der Waals surface area contributed by atoms with E-state index in [9.17, 15) is 14.9 Å². The number of rotatable bonds is 6. The fourth-order valence-corrected chi connectivity index (χ4v) is 3.69. The van der Waals surface area contributed by atoms with E-state index < -0.39 is 10.8 Å². The zero-order valence-electron chi connectivity index (χ0n) is 14.8. The van der Waals surface area contributed by atoms with Crippen LogP contribution < -0.4 is 14.8 Å². The van der Waals surface area contributed by atoms with Crippen LogP contribution in [0.3, 0.4) is 0 Å². The van der Waals surface area contributed by atoms with Crippen molar-refractivity contribution >= 4 is 44.0 Å². The normalized spacial score (nSPS) is 10.4. The molecule has 3 aromatic rings. The predicted molar refractivity (Wildman–Crippen MR) is 109 cm³/mol. The van der Waals surface area contributed by atoms with E-state index in [1.54, 1.807) is 12.5 Å². The molecule has 10 heteroatoms. The molecular formula is C18H14BrN3O5S. The first-order valence-electron chi connectivity index (χ1n) is 7.86. The molecule has 0 saturated heterocycles. The Kier molecular flexibility index (Phi) is 5.90. The summed E-state index contributed by atoms with van der Waals surface area (Å²) < 4.78 is 10.9. The number of nitro benzene ring substituents is 1. The van der Waals surface area contributed by atoms with E-state index in [1.165, 1.54) is 36.6 Å². The Morgan fingerprint density at radius 1 is 1.18 bits per heavy atom. The van der Waals surface area contributed by atoms with Crippen LogP contribution in [0.2, 0.25) is 0 Å². The summed E-state index contributed by atoms with van der Waals surface area (Å²) in [6.07, 6.45) is 0. The second-order valence-corrected chi connectivity index (χ2v) is 7.20. The minimum Gasteiger partial charge on any atom is -0.496 e. The van der Waals surface area contributed by atoms with Gasteiger partial charge in [0.05, 0.1) is 29.3 Å². The highest BCUT2D eigenvalue weighted by Crippen LogP contribution is 2.32. The monoisotopic (exact) mass is 463 g/mol. The lowest BCUT2D eigenvalue weighted by atomic mass is 10.1. The molecule has 0 bridgehead atoms. The number of methoxy groups -OCH3 is 2. The number of hydrogen-bond donors (Lipinski definition) is 1. The minimum absolute atomic E-state index is 0.0863. The number of nitrogens with one attached hydrogen (secondary N) is 1. The zero-order chi connectivity index (χ0) is 20.3. The lowest BCUT2D eigenvalue weighted by Gasteiger charge is -2.05. The highest BCUT2D eigenvalue weighted by atomic mass is 79.9. The maximum absolute atomic E-state index is 12.4. The number of halogens is 1. The predicted octanol–water partition coefficient (Wildman–Crippen LogP) is 4.75. The average molecular weight is 464 g/mol. The van der Waals surface area contributed by atoms with E-state index in [0.717, 1.165) is 10.0 Å². The van der Waals surface area contributed by atoms with Gasteiger partial charge in [-0.15, -0.1) is 11.3 Å². The van der Waals surface area contributed by atoms with Crippen molar-refractivity contribution in [3.63, 3.8) is 0 Å².